The first-order valence-corrected chi connectivity index (χ1v) is 9.22. The van der Waals surface area contributed by atoms with E-state index < -0.39 is 0 Å². The second-order valence-electron chi connectivity index (χ2n) is 6.34. The predicted octanol–water partition coefficient (Wildman–Crippen LogP) is 4.76. The van der Waals surface area contributed by atoms with Gasteiger partial charge in [0.15, 0.2) is 0 Å². The van der Waals surface area contributed by atoms with Gasteiger partial charge in [-0.1, -0.05) is 35.9 Å². The number of pyridine rings is 1. The van der Waals surface area contributed by atoms with E-state index in [0.717, 1.165) is 11.1 Å². The summed E-state index contributed by atoms with van der Waals surface area (Å²) in [5, 5.41) is 1.01. The number of hydrogen-bond acceptors (Lipinski definition) is 5. The summed E-state index contributed by atoms with van der Waals surface area (Å²) in [6.45, 7) is 0. The van der Waals surface area contributed by atoms with Gasteiger partial charge in [-0.3, -0.25) is 4.79 Å². The summed E-state index contributed by atoms with van der Waals surface area (Å²) in [5.41, 5.74) is 2.02. The molecule has 2 aromatic carbocycles. The van der Waals surface area contributed by atoms with Crippen LogP contribution in [0.15, 0.2) is 88.5 Å². The summed E-state index contributed by atoms with van der Waals surface area (Å²) in [5.74, 6) is 1.46. The number of fused-ring (bicyclic) bond motifs is 1. The van der Waals surface area contributed by atoms with Crippen molar-refractivity contribution < 1.29 is 4.42 Å². The molecule has 0 aliphatic heterocycles. The first-order valence-electron chi connectivity index (χ1n) is 8.85. The molecule has 0 atom stereocenters. The molecule has 29 heavy (non-hydrogen) atoms. The second kappa shape index (κ2) is 7.00. The van der Waals surface area contributed by atoms with E-state index in [2.05, 4.69) is 9.97 Å². The first kappa shape index (κ1) is 17.3. The molecule has 7 heteroatoms. The van der Waals surface area contributed by atoms with Crippen molar-refractivity contribution in [2.75, 3.05) is 0 Å². The number of rotatable bonds is 3. The molecule has 0 aliphatic rings. The Morgan fingerprint density at radius 2 is 1.69 bits per heavy atom. The molecule has 0 amide bonds. The monoisotopic (exact) mass is 400 g/mol. The quantitative estimate of drug-likeness (QED) is 0.436. The van der Waals surface area contributed by atoms with Crippen LogP contribution in [0.5, 0.6) is 0 Å². The highest BCUT2D eigenvalue weighted by Crippen LogP contribution is 2.25. The van der Waals surface area contributed by atoms with Gasteiger partial charge in [0, 0.05) is 17.3 Å². The Kier molecular flexibility index (Phi) is 4.18. The number of hydrogen-bond donors (Lipinski definition) is 0. The summed E-state index contributed by atoms with van der Waals surface area (Å²) in [4.78, 5) is 26.5. The van der Waals surface area contributed by atoms with E-state index in [1.807, 2.05) is 42.5 Å². The van der Waals surface area contributed by atoms with Crippen molar-refractivity contribution >= 4 is 22.5 Å². The van der Waals surface area contributed by atoms with Crippen molar-refractivity contribution in [1.82, 2.24) is 19.5 Å². The van der Waals surface area contributed by atoms with E-state index in [1.165, 1.54) is 17.0 Å². The fraction of sp³-hybridized carbons (Fsp3) is 0. The number of oxazole rings is 1. The van der Waals surface area contributed by atoms with E-state index >= 15 is 0 Å². The molecule has 3 aromatic heterocycles. The van der Waals surface area contributed by atoms with Crippen LogP contribution in [0.25, 0.3) is 39.6 Å². The number of para-hydroxylation sites is 1. The minimum atomic E-state index is -0.197. The summed E-state index contributed by atoms with van der Waals surface area (Å²) < 4.78 is 6.84. The second-order valence-corrected chi connectivity index (χ2v) is 6.78. The molecular weight excluding hydrogens is 388 g/mol. The third-order valence-electron chi connectivity index (χ3n) is 4.54. The first-order chi connectivity index (χ1) is 14.2. The minimum absolute atomic E-state index is 0.197. The standard InChI is InChI=1S/C22H13ClN4O2/c23-16-9-10-19(25-13-16)27-20(26-18-4-2-1-3-17(18)22(27)28)14-5-7-15(8-6-14)21-24-11-12-29-21/h1-13H. The van der Waals surface area contributed by atoms with E-state index in [0.29, 0.717) is 33.5 Å². The molecular formula is C22H13ClN4O2. The largest absolute Gasteiger partial charge is 0.445 e. The van der Waals surface area contributed by atoms with Crippen LogP contribution in [0.2, 0.25) is 5.02 Å². The van der Waals surface area contributed by atoms with Gasteiger partial charge in [0.1, 0.15) is 17.9 Å². The molecule has 0 fully saturated rings. The Morgan fingerprint density at radius 3 is 2.41 bits per heavy atom. The number of benzene rings is 2. The van der Waals surface area contributed by atoms with E-state index in [-0.39, 0.29) is 5.56 Å². The third-order valence-corrected chi connectivity index (χ3v) is 4.76. The molecule has 0 radical (unpaired) electrons. The van der Waals surface area contributed by atoms with Gasteiger partial charge < -0.3 is 4.42 Å². The van der Waals surface area contributed by atoms with Gasteiger partial charge in [0.25, 0.3) is 5.56 Å². The normalized spacial score (nSPS) is 11.1. The highest BCUT2D eigenvalue weighted by molar-refractivity contribution is 6.30. The van der Waals surface area contributed by atoms with Crippen molar-refractivity contribution in [2.24, 2.45) is 0 Å². The molecule has 0 aliphatic carbocycles. The Labute approximate surface area is 170 Å². The van der Waals surface area contributed by atoms with Crippen molar-refractivity contribution in [2.45, 2.75) is 0 Å². The van der Waals surface area contributed by atoms with Gasteiger partial charge in [-0.05, 0) is 36.4 Å². The van der Waals surface area contributed by atoms with Gasteiger partial charge in [-0.25, -0.2) is 19.5 Å². The van der Waals surface area contributed by atoms with Crippen molar-refractivity contribution in [3.8, 4) is 28.7 Å². The molecule has 0 bridgehead atoms. The van der Waals surface area contributed by atoms with Crippen LogP contribution < -0.4 is 5.56 Å². The summed E-state index contributed by atoms with van der Waals surface area (Å²) in [6.07, 6.45) is 4.63. The van der Waals surface area contributed by atoms with Gasteiger partial charge in [0.2, 0.25) is 5.89 Å². The summed E-state index contributed by atoms with van der Waals surface area (Å²) in [7, 11) is 0. The summed E-state index contributed by atoms with van der Waals surface area (Å²) >= 11 is 5.98. The predicted molar refractivity (Wildman–Crippen MR) is 111 cm³/mol. The lowest BCUT2D eigenvalue weighted by atomic mass is 10.1. The molecule has 140 valence electrons. The number of nitrogens with zero attached hydrogens (tertiary/aromatic N) is 4. The molecule has 0 saturated heterocycles. The van der Waals surface area contributed by atoms with E-state index in [1.54, 1.807) is 24.4 Å². The topological polar surface area (TPSA) is 73.8 Å². The lowest BCUT2D eigenvalue weighted by molar-refractivity contribution is 0.574. The van der Waals surface area contributed by atoms with Crippen LogP contribution in [0.4, 0.5) is 0 Å². The molecule has 5 rings (SSSR count). The van der Waals surface area contributed by atoms with Crippen LogP contribution >= 0.6 is 11.6 Å². The van der Waals surface area contributed by atoms with Gasteiger partial charge in [-0.2, -0.15) is 0 Å². The van der Waals surface area contributed by atoms with E-state index in [4.69, 9.17) is 21.0 Å². The van der Waals surface area contributed by atoms with Crippen molar-refractivity contribution in [3.05, 3.63) is 94.7 Å². The zero-order valence-corrected chi connectivity index (χ0v) is 15.7. The van der Waals surface area contributed by atoms with Crippen LogP contribution in [0.1, 0.15) is 0 Å². The molecule has 0 spiro atoms. The fourth-order valence-corrected chi connectivity index (χ4v) is 3.28. The minimum Gasteiger partial charge on any atom is -0.445 e. The molecule has 0 saturated carbocycles. The average Bonchev–Trinajstić information content (AvgIpc) is 3.30. The SMILES string of the molecule is O=c1c2ccccc2nc(-c2ccc(-c3ncco3)cc2)n1-c1ccc(Cl)cn1. The lowest BCUT2D eigenvalue weighted by Crippen LogP contribution is -2.22. The highest BCUT2D eigenvalue weighted by Gasteiger charge is 2.15. The van der Waals surface area contributed by atoms with Crippen molar-refractivity contribution in [3.63, 3.8) is 0 Å². The van der Waals surface area contributed by atoms with Crippen LogP contribution in [0, 0.1) is 0 Å². The maximum Gasteiger partial charge on any atom is 0.267 e. The van der Waals surface area contributed by atoms with Gasteiger partial charge in [0.05, 0.1) is 22.1 Å². The van der Waals surface area contributed by atoms with Crippen LogP contribution in [-0.4, -0.2) is 19.5 Å². The molecule has 0 N–H and O–H groups in total. The maximum absolute atomic E-state index is 13.3. The van der Waals surface area contributed by atoms with Crippen molar-refractivity contribution in [1.29, 1.82) is 0 Å². The lowest BCUT2D eigenvalue weighted by Gasteiger charge is -2.13. The van der Waals surface area contributed by atoms with Gasteiger partial charge >= 0.3 is 0 Å². The summed E-state index contributed by atoms with van der Waals surface area (Å²) in [6, 6.07) is 18.2. The maximum atomic E-state index is 13.3. The molecule has 0 unspecified atom stereocenters. The highest BCUT2D eigenvalue weighted by atomic mass is 35.5. The van der Waals surface area contributed by atoms with E-state index in [9.17, 15) is 4.79 Å². The number of halogens is 1. The van der Waals surface area contributed by atoms with Gasteiger partial charge in [-0.15, -0.1) is 0 Å². The third kappa shape index (κ3) is 3.09. The Hall–Kier alpha value is -3.77. The fourth-order valence-electron chi connectivity index (χ4n) is 3.17. The Balaban J connectivity index is 1.75. The van der Waals surface area contributed by atoms with Crippen LogP contribution in [-0.2, 0) is 0 Å². The smallest absolute Gasteiger partial charge is 0.267 e. The Morgan fingerprint density at radius 1 is 0.897 bits per heavy atom. The van der Waals surface area contributed by atoms with Crippen LogP contribution in [0.3, 0.4) is 0 Å². The molecule has 3 heterocycles. The zero-order chi connectivity index (χ0) is 19.8. The molecule has 5 aromatic rings. The average molecular weight is 401 g/mol. The zero-order valence-electron chi connectivity index (χ0n) is 15.0. The Bertz CT molecular complexity index is 1360. The number of aromatic nitrogens is 4. The molecule has 6 nitrogen and oxygen atoms in total.